The number of hydrogen-bond donors (Lipinski definition) is 1. The third-order valence-electron chi connectivity index (χ3n) is 4.23. The summed E-state index contributed by atoms with van der Waals surface area (Å²) in [6, 6.07) is 20.4. The molecule has 0 bridgehead atoms. The average Bonchev–Trinajstić information content (AvgIpc) is 3.49. The monoisotopic (exact) mass is 419 g/mol. The highest BCUT2D eigenvalue weighted by molar-refractivity contribution is 7.13. The number of thiophene rings is 1. The summed E-state index contributed by atoms with van der Waals surface area (Å²) < 4.78 is 10.5. The Morgan fingerprint density at radius 1 is 1.00 bits per heavy atom. The van der Waals surface area contributed by atoms with Gasteiger partial charge in [-0.05, 0) is 29.1 Å². The van der Waals surface area contributed by atoms with Crippen molar-refractivity contribution < 1.29 is 18.8 Å². The van der Waals surface area contributed by atoms with E-state index in [1.807, 2.05) is 29.6 Å². The molecule has 0 aliphatic carbocycles. The van der Waals surface area contributed by atoms with E-state index >= 15 is 0 Å². The minimum atomic E-state index is -0.974. The second-order valence-corrected chi connectivity index (χ2v) is 7.23. The van der Waals surface area contributed by atoms with E-state index < -0.39 is 12.0 Å². The molecule has 1 unspecified atom stereocenters. The zero-order valence-corrected chi connectivity index (χ0v) is 16.5. The van der Waals surface area contributed by atoms with Gasteiger partial charge in [0.2, 0.25) is 5.82 Å². The Balaban J connectivity index is 1.46. The van der Waals surface area contributed by atoms with Crippen molar-refractivity contribution in [1.82, 2.24) is 15.5 Å². The first-order valence-corrected chi connectivity index (χ1v) is 10.0. The molecule has 1 N–H and O–H groups in total. The van der Waals surface area contributed by atoms with Crippen LogP contribution in [0.4, 0.5) is 0 Å². The second kappa shape index (κ2) is 9.15. The quantitative estimate of drug-likeness (QED) is 0.455. The van der Waals surface area contributed by atoms with Gasteiger partial charge in [0.15, 0.2) is 12.6 Å². The normalized spacial score (nSPS) is 11.6. The fraction of sp³-hybridized carbons (Fsp3) is 0.0909. The van der Waals surface area contributed by atoms with Crippen LogP contribution in [0.3, 0.4) is 0 Å². The Morgan fingerprint density at radius 3 is 2.43 bits per heavy atom. The van der Waals surface area contributed by atoms with Crippen molar-refractivity contribution >= 4 is 23.2 Å². The van der Waals surface area contributed by atoms with Gasteiger partial charge in [0.05, 0.1) is 4.88 Å². The number of amides is 1. The molecule has 1 atom stereocenters. The number of carbonyl (C=O) groups excluding carboxylic acids is 2. The van der Waals surface area contributed by atoms with Crippen molar-refractivity contribution in [3.63, 3.8) is 0 Å². The Labute approximate surface area is 176 Å². The van der Waals surface area contributed by atoms with Crippen LogP contribution in [-0.2, 0) is 16.1 Å². The van der Waals surface area contributed by atoms with Gasteiger partial charge in [0.1, 0.15) is 0 Å². The molecule has 4 aromatic rings. The molecule has 8 heteroatoms. The summed E-state index contributed by atoms with van der Waals surface area (Å²) in [4.78, 5) is 30.5. The number of nitrogens with zero attached hydrogens (tertiary/aromatic N) is 2. The van der Waals surface area contributed by atoms with E-state index in [1.165, 1.54) is 11.3 Å². The molecule has 30 heavy (non-hydrogen) atoms. The van der Waals surface area contributed by atoms with Gasteiger partial charge >= 0.3 is 5.97 Å². The molecule has 0 saturated heterocycles. The van der Waals surface area contributed by atoms with Crippen LogP contribution >= 0.6 is 11.3 Å². The van der Waals surface area contributed by atoms with Crippen LogP contribution in [0.15, 0.2) is 82.7 Å². The van der Waals surface area contributed by atoms with E-state index in [0.29, 0.717) is 17.0 Å². The fourth-order valence-electron chi connectivity index (χ4n) is 2.76. The molecule has 2 aromatic carbocycles. The molecule has 4 rings (SSSR count). The molecular formula is C22H17N3O4S. The maximum Gasteiger partial charge on any atom is 0.333 e. The lowest BCUT2D eigenvalue weighted by Gasteiger charge is -2.17. The number of aromatic nitrogens is 2. The molecule has 0 aliphatic heterocycles. The van der Waals surface area contributed by atoms with Crippen LogP contribution in [0, 0.1) is 0 Å². The predicted octanol–water partition coefficient (Wildman–Crippen LogP) is 4.01. The summed E-state index contributed by atoms with van der Waals surface area (Å²) in [7, 11) is 0. The van der Waals surface area contributed by atoms with E-state index in [1.54, 1.807) is 48.5 Å². The first-order chi connectivity index (χ1) is 14.7. The Hall–Kier alpha value is -3.78. The summed E-state index contributed by atoms with van der Waals surface area (Å²) in [6.07, 6.45) is 0. The third kappa shape index (κ3) is 4.61. The number of ether oxygens (including phenoxy) is 1. The van der Waals surface area contributed by atoms with Gasteiger partial charge in [0, 0.05) is 5.56 Å². The van der Waals surface area contributed by atoms with Gasteiger partial charge in [-0.25, -0.2) is 4.79 Å². The van der Waals surface area contributed by atoms with E-state index in [0.717, 1.165) is 4.88 Å². The average molecular weight is 419 g/mol. The maximum absolute atomic E-state index is 12.8. The first kappa shape index (κ1) is 19.5. The van der Waals surface area contributed by atoms with Gasteiger partial charge < -0.3 is 14.6 Å². The molecule has 0 fully saturated rings. The van der Waals surface area contributed by atoms with Crippen molar-refractivity contribution in [2.75, 3.05) is 0 Å². The zero-order valence-electron chi connectivity index (χ0n) is 15.7. The molecule has 0 saturated carbocycles. The van der Waals surface area contributed by atoms with Crippen LogP contribution in [0.1, 0.15) is 27.9 Å². The molecule has 1 amide bonds. The van der Waals surface area contributed by atoms with Crippen molar-refractivity contribution in [2.24, 2.45) is 0 Å². The van der Waals surface area contributed by atoms with E-state index in [2.05, 4.69) is 15.5 Å². The number of rotatable bonds is 7. The van der Waals surface area contributed by atoms with Crippen molar-refractivity contribution in [3.8, 4) is 10.7 Å². The highest BCUT2D eigenvalue weighted by Crippen LogP contribution is 2.22. The Kier molecular flexibility index (Phi) is 5.95. The Bertz CT molecular complexity index is 1110. The fourth-order valence-corrected chi connectivity index (χ4v) is 3.41. The van der Waals surface area contributed by atoms with Crippen LogP contribution in [-0.4, -0.2) is 22.0 Å². The lowest BCUT2D eigenvalue weighted by molar-refractivity contribution is -0.148. The van der Waals surface area contributed by atoms with E-state index in [-0.39, 0.29) is 18.4 Å². The van der Waals surface area contributed by atoms with Crippen molar-refractivity contribution in [3.05, 3.63) is 95.2 Å². The van der Waals surface area contributed by atoms with Crippen molar-refractivity contribution in [1.29, 1.82) is 0 Å². The molecule has 150 valence electrons. The summed E-state index contributed by atoms with van der Waals surface area (Å²) in [5, 5.41) is 8.53. The molecule has 0 spiro atoms. The molecule has 7 nitrogen and oxygen atoms in total. The number of esters is 1. The topological polar surface area (TPSA) is 94.3 Å². The van der Waals surface area contributed by atoms with E-state index in [9.17, 15) is 9.59 Å². The summed E-state index contributed by atoms with van der Waals surface area (Å²) in [6.45, 7) is -0.193. The smallest absolute Gasteiger partial charge is 0.333 e. The lowest BCUT2D eigenvalue weighted by Crippen LogP contribution is -2.34. The molecular weight excluding hydrogens is 402 g/mol. The van der Waals surface area contributed by atoms with Crippen LogP contribution in [0.5, 0.6) is 0 Å². The lowest BCUT2D eigenvalue weighted by atomic mass is 10.1. The Morgan fingerprint density at radius 2 is 1.73 bits per heavy atom. The molecule has 2 aromatic heterocycles. The second-order valence-electron chi connectivity index (χ2n) is 6.28. The minimum absolute atomic E-state index is 0.174. The van der Waals surface area contributed by atoms with Gasteiger partial charge in [-0.1, -0.05) is 59.8 Å². The standard InChI is InChI=1S/C22H17N3O4S/c26-21(16-10-5-2-6-11-16)24-19(15-8-3-1-4-9-15)22(27)28-14-18-23-20(25-29-18)17-12-7-13-30-17/h1-13,19H,14H2,(H,24,26). The molecule has 0 radical (unpaired) electrons. The van der Waals surface area contributed by atoms with E-state index in [4.69, 9.17) is 9.26 Å². The third-order valence-corrected chi connectivity index (χ3v) is 5.09. The number of nitrogens with one attached hydrogen (secondary N) is 1. The summed E-state index contributed by atoms with van der Waals surface area (Å²) in [5.41, 5.74) is 1.06. The highest BCUT2D eigenvalue weighted by atomic mass is 32.1. The van der Waals surface area contributed by atoms with Gasteiger partial charge in [-0.3, -0.25) is 4.79 Å². The largest absolute Gasteiger partial charge is 0.454 e. The van der Waals surface area contributed by atoms with Gasteiger partial charge in [0.25, 0.3) is 11.8 Å². The predicted molar refractivity (Wildman–Crippen MR) is 110 cm³/mol. The van der Waals surface area contributed by atoms with Crippen LogP contribution in [0.25, 0.3) is 10.7 Å². The first-order valence-electron chi connectivity index (χ1n) is 9.14. The SMILES string of the molecule is O=C(NC(C(=O)OCc1nc(-c2cccs2)no1)c1ccccc1)c1ccccc1. The van der Waals surface area contributed by atoms with Gasteiger partial charge in [-0.15, -0.1) is 11.3 Å². The van der Waals surface area contributed by atoms with Crippen molar-refractivity contribution in [2.45, 2.75) is 12.6 Å². The minimum Gasteiger partial charge on any atom is -0.454 e. The van der Waals surface area contributed by atoms with Crippen LogP contribution < -0.4 is 5.32 Å². The molecule has 2 heterocycles. The summed E-state index contributed by atoms with van der Waals surface area (Å²) in [5.74, 6) is -0.387. The van der Waals surface area contributed by atoms with Crippen LogP contribution in [0.2, 0.25) is 0 Å². The number of hydrogen-bond acceptors (Lipinski definition) is 7. The zero-order chi connectivity index (χ0) is 20.8. The van der Waals surface area contributed by atoms with Gasteiger partial charge in [-0.2, -0.15) is 4.98 Å². The number of benzene rings is 2. The highest BCUT2D eigenvalue weighted by Gasteiger charge is 2.25. The maximum atomic E-state index is 12.8. The molecule has 0 aliphatic rings. The number of carbonyl (C=O) groups is 2. The summed E-state index contributed by atoms with van der Waals surface area (Å²) >= 11 is 1.48.